The van der Waals surface area contributed by atoms with E-state index in [0.29, 0.717) is 50.5 Å². The molecule has 2 bridgehead atoms. The maximum absolute atomic E-state index is 15.0. The highest BCUT2D eigenvalue weighted by Gasteiger charge is 2.70. The molecule has 4 aliphatic carbocycles. The summed E-state index contributed by atoms with van der Waals surface area (Å²) in [7, 11) is 0. The van der Waals surface area contributed by atoms with Crippen LogP contribution < -0.4 is 0 Å². The van der Waals surface area contributed by atoms with Gasteiger partial charge in [-0.3, -0.25) is 4.79 Å². The molecule has 6 heterocycles. The number of hydrogen-bond donors (Lipinski definition) is 19. The minimum absolute atomic E-state index is 0.128. The normalized spacial score (nSPS) is 54.1. The van der Waals surface area contributed by atoms with Crippen molar-refractivity contribution >= 4 is 5.97 Å². The van der Waals surface area contributed by atoms with E-state index < -0.39 is 246 Å². The minimum Gasteiger partial charge on any atom is -0.432 e. The van der Waals surface area contributed by atoms with Gasteiger partial charge in [0.05, 0.1) is 56.8 Å². The predicted molar refractivity (Wildman–Crippen MR) is 283 cm³/mol. The number of rotatable bonds is 18. The molecule has 6 aliphatic heterocycles. The summed E-state index contributed by atoms with van der Waals surface area (Å²) >= 11 is 0. The van der Waals surface area contributed by atoms with Crippen LogP contribution in [-0.2, 0) is 61.6 Å². The molecule has 19 N–H and O–H groups in total. The molecule has 30 unspecified atom stereocenters. The zero-order chi connectivity index (χ0) is 63.9. The molecule has 35 atom stereocenters. The fourth-order valence-electron chi connectivity index (χ4n) is 16.3. The molecular weight excluding hydrogens is 1180 g/mol. The highest BCUT2D eigenvalue weighted by atomic mass is 16.8. The van der Waals surface area contributed by atoms with E-state index in [-0.39, 0.29) is 31.1 Å². The van der Waals surface area contributed by atoms with E-state index in [0.717, 1.165) is 0 Å². The fraction of sp³-hybridized carbons (Fsp3) is 0.946. The van der Waals surface area contributed by atoms with Gasteiger partial charge in [0, 0.05) is 6.42 Å². The highest BCUT2D eigenvalue weighted by Crippen LogP contribution is 2.74. The topological polar surface area (TPSA) is 512 Å². The molecule has 10 rings (SSSR count). The number of ether oxygens (including phenoxy) is 12. The molecule has 506 valence electrons. The van der Waals surface area contributed by atoms with E-state index in [1.54, 1.807) is 6.92 Å². The summed E-state index contributed by atoms with van der Waals surface area (Å²) < 4.78 is 72.9. The van der Waals surface area contributed by atoms with Crippen LogP contribution in [0.5, 0.6) is 0 Å². The van der Waals surface area contributed by atoms with Crippen LogP contribution in [0.2, 0.25) is 0 Å². The molecule has 0 aromatic carbocycles. The first-order valence-corrected chi connectivity index (χ1v) is 30.3. The highest BCUT2D eigenvalue weighted by molar-refractivity contribution is 5.77. The lowest BCUT2D eigenvalue weighted by Crippen LogP contribution is -2.68. The van der Waals surface area contributed by atoms with Crippen molar-refractivity contribution < 1.29 is 159 Å². The van der Waals surface area contributed by atoms with Crippen molar-refractivity contribution in [1.29, 1.82) is 0 Å². The van der Waals surface area contributed by atoms with Crippen LogP contribution in [0.1, 0.15) is 78.1 Å². The second-order valence-corrected chi connectivity index (χ2v) is 26.4. The number of fused-ring (bicyclic) bond motifs is 3. The first kappa shape index (κ1) is 68.9. The lowest BCUT2D eigenvalue weighted by molar-refractivity contribution is -0.403. The Morgan fingerprint density at radius 3 is 1.52 bits per heavy atom. The lowest BCUT2D eigenvalue weighted by Gasteiger charge is -2.64. The van der Waals surface area contributed by atoms with E-state index >= 15 is 4.79 Å². The van der Waals surface area contributed by atoms with Gasteiger partial charge in [-0.05, 0) is 86.5 Å². The maximum Gasteiger partial charge on any atom is 0.314 e. The summed E-state index contributed by atoms with van der Waals surface area (Å²) in [6, 6.07) is 0. The zero-order valence-corrected chi connectivity index (χ0v) is 48.7. The number of carbonyl (C=O) groups excluding carboxylic acids is 1. The smallest absolute Gasteiger partial charge is 0.314 e. The average molecular weight is 1280 g/mol. The van der Waals surface area contributed by atoms with Crippen molar-refractivity contribution in [2.45, 2.75) is 262 Å². The first-order chi connectivity index (χ1) is 41.6. The number of aliphatic hydroxyl groups excluding tert-OH is 19. The van der Waals surface area contributed by atoms with Gasteiger partial charge in [0.15, 0.2) is 37.6 Å². The second-order valence-electron chi connectivity index (χ2n) is 26.4. The van der Waals surface area contributed by atoms with Gasteiger partial charge in [-0.15, -0.1) is 0 Å². The Labute approximate surface area is 505 Å². The monoisotopic (exact) mass is 1270 g/mol. The molecule has 0 aromatic rings. The van der Waals surface area contributed by atoms with Crippen LogP contribution in [0.15, 0.2) is 12.2 Å². The van der Waals surface area contributed by atoms with Crippen molar-refractivity contribution in [2.75, 3.05) is 39.6 Å². The van der Waals surface area contributed by atoms with Gasteiger partial charge < -0.3 is 154 Å². The van der Waals surface area contributed by atoms with Crippen LogP contribution in [0, 0.1) is 28.1 Å². The van der Waals surface area contributed by atoms with Gasteiger partial charge >= 0.3 is 5.97 Å². The van der Waals surface area contributed by atoms with E-state index in [1.165, 1.54) is 0 Å². The summed E-state index contributed by atoms with van der Waals surface area (Å²) in [4.78, 5) is 15.0. The standard InChI is InChI=1S/C56H90O32/c1-20-12-55-9-5-29-53(2,7-4-8-54(29,3)52(76)87-50-44(39(72)34(67)27(17-61)82-50)85-46-22(63)11-21(62)23(13-57)78-46)30(55)6-10-56(20,19-55)88-51-45(86-49-42(75)38(71)33(66)26(16-60)81-49)43(84-48-41(74)37(70)32(65)25(15-59)80-48)35(68)28(83-51)18-77-47-40(73)36(69)31(64)24(14-58)79-47/h21-51,57-75H,1,4-19H2,2-3H3/t21?,22?,23?,24?,25?,26?,27?,28?,29?,30-,31?,32?,33?,34?,35?,36?,37?,38?,39?,40?,41?,42?,43?,44?,45?,46?,47?,48?,49?,50?,51?,53+,54+,55+,56-/m0/s1. The Hall–Kier alpha value is -1.99. The number of carbonyl (C=O) groups is 1. The Bertz CT molecular complexity index is 2360. The van der Waals surface area contributed by atoms with E-state index in [1.807, 2.05) is 0 Å². The van der Waals surface area contributed by atoms with Crippen molar-refractivity contribution in [3.8, 4) is 0 Å². The predicted octanol–water partition coefficient (Wildman–Crippen LogP) is -8.44. The quantitative estimate of drug-likeness (QED) is 0.0344. The van der Waals surface area contributed by atoms with Crippen LogP contribution in [0.3, 0.4) is 0 Å². The Morgan fingerprint density at radius 1 is 0.477 bits per heavy atom. The van der Waals surface area contributed by atoms with Gasteiger partial charge in [0.1, 0.15) is 128 Å². The fourth-order valence-corrected chi connectivity index (χ4v) is 16.3. The lowest BCUT2D eigenvalue weighted by atomic mass is 9.41. The van der Waals surface area contributed by atoms with Gasteiger partial charge in [0.25, 0.3) is 0 Å². The summed E-state index contributed by atoms with van der Waals surface area (Å²) in [6.45, 7) is 3.63. The van der Waals surface area contributed by atoms with Crippen molar-refractivity contribution in [3.05, 3.63) is 12.2 Å². The van der Waals surface area contributed by atoms with Crippen molar-refractivity contribution in [3.63, 3.8) is 0 Å². The molecule has 88 heavy (non-hydrogen) atoms. The van der Waals surface area contributed by atoms with Gasteiger partial charge in [0.2, 0.25) is 6.29 Å². The number of hydrogen-bond acceptors (Lipinski definition) is 32. The largest absolute Gasteiger partial charge is 0.432 e. The summed E-state index contributed by atoms with van der Waals surface area (Å²) in [5.41, 5.74) is -3.14. The molecule has 10 aliphatic rings. The van der Waals surface area contributed by atoms with E-state index in [9.17, 15) is 97.0 Å². The van der Waals surface area contributed by atoms with E-state index in [2.05, 4.69) is 13.5 Å². The van der Waals surface area contributed by atoms with Crippen LogP contribution in [0.25, 0.3) is 0 Å². The third-order valence-electron chi connectivity index (χ3n) is 21.2. The van der Waals surface area contributed by atoms with Gasteiger partial charge in [-0.25, -0.2) is 0 Å². The molecule has 4 saturated carbocycles. The summed E-state index contributed by atoms with van der Waals surface area (Å²) in [5, 5.41) is 204. The van der Waals surface area contributed by atoms with Crippen LogP contribution >= 0.6 is 0 Å². The Balaban J connectivity index is 0.938. The molecule has 32 heteroatoms. The van der Waals surface area contributed by atoms with Crippen molar-refractivity contribution in [2.24, 2.45) is 28.1 Å². The molecule has 10 fully saturated rings. The van der Waals surface area contributed by atoms with Gasteiger partial charge in [-0.1, -0.05) is 19.9 Å². The average Bonchev–Trinajstić information content (AvgIpc) is 1.42. The minimum atomic E-state index is -2.09. The van der Waals surface area contributed by atoms with Gasteiger partial charge in [-0.2, -0.15) is 0 Å². The van der Waals surface area contributed by atoms with E-state index in [4.69, 9.17) is 56.8 Å². The Morgan fingerprint density at radius 2 is 0.955 bits per heavy atom. The first-order valence-electron chi connectivity index (χ1n) is 30.3. The summed E-state index contributed by atoms with van der Waals surface area (Å²) in [5.74, 6) is -1.22. The molecular formula is C56H90O32. The number of esters is 1. The third-order valence-corrected chi connectivity index (χ3v) is 21.2. The SMILES string of the molecule is C=C1C[C@@]23CCC4[C@](C)(C(=O)OC5OC(CO)C(O)C(O)C5OC5OC(CO)C(O)CC5O)CCC[C@@]4(C)[C@@H]2CC[C@]1(OC1OC(COC2OC(CO)C(O)C(O)C2O)C(O)C(OC2OC(CO)C(O)C(O)C2O)C1OC1OC(CO)C(O)C(O)C1O)C3. The second kappa shape index (κ2) is 27.0. The number of aliphatic hydroxyl groups is 19. The van der Waals surface area contributed by atoms with Crippen LogP contribution in [-0.4, -0.2) is 326 Å². The van der Waals surface area contributed by atoms with Crippen molar-refractivity contribution in [1.82, 2.24) is 0 Å². The third kappa shape index (κ3) is 12.3. The Kier molecular flexibility index (Phi) is 21.1. The zero-order valence-electron chi connectivity index (χ0n) is 48.7. The maximum atomic E-state index is 15.0. The molecule has 0 amide bonds. The molecule has 0 aromatic heterocycles. The molecule has 32 nitrogen and oxygen atoms in total. The molecule has 1 spiro atoms. The summed E-state index contributed by atoms with van der Waals surface area (Å²) in [6.07, 6.45) is -47.6. The molecule has 6 saturated heterocycles. The van der Waals surface area contributed by atoms with Crippen LogP contribution in [0.4, 0.5) is 0 Å². The molecule has 0 radical (unpaired) electrons.